The standard InChI is InChI=1S/C13H19NO2/c1-3-15-13-9-11(2)14(16-13)10-12-7-5-4-6-8-12/h4-8,11,13H,3,9-10H2,1-2H3/t11-,13-/m0/s1. The van der Waals surface area contributed by atoms with E-state index in [9.17, 15) is 0 Å². The van der Waals surface area contributed by atoms with Crippen molar-refractivity contribution in [1.29, 1.82) is 0 Å². The maximum atomic E-state index is 5.73. The van der Waals surface area contributed by atoms with Crippen LogP contribution >= 0.6 is 0 Å². The summed E-state index contributed by atoms with van der Waals surface area (Å²) in [6, 6.07) is 10.8. The molecule has 1 heterocycles. The van der Waals surface area contributed by atoms with Gasteiger partial charge in [0.05, 0.1) is 0 Å². The smallest absolute Gasteiger partial charge is 0.179 e. The van der Waals surface area contributed by atoms with Crippen LogP contribution in [0.5, 0.6) is 0 Å². The molecule has 0 aromatic heterocycles. The van der Waals surface area contributed by atoms with Gasteiger partial charge < -0.3 is 4.74 Å². The van der Waals surface area contributed by atoms with Crippen molar-refractivity contribution in [3.8, 4) is 0 Å². The minimum atomic E-state index is -0.0660. The Morgan fingerprint density at radius 3 is 2.81 bits per heavy atom. The monoisotopic (exact) mass is 221 g/mol. The molecule has 3 heteroatoms. The third-order valence-electron chi connectivity index (χ3n) is 2.81. The summed E-state index contributed by atoms with van der Waals surface area (Å²) in [5.74, 6) is 0. The van der Waals surface area contributed by atoms with Crippen LogP contribution in [-0.2, 0) is 16.1 Å². The average molecular weight is 221 g/mol. The highest BCUT2D eigenvalue weighted by molar-refractivity contribution is 5.14. The number of hydrogen-bond donors (Lipinski definition) is 0. The van der Waals surface area contributed by atoms with Crippen LogP contribution in [0.15, 0.2) is 30.3 Å². The van der Waals surface area contributed by atoms with Gasteiger partial charge in [0.25, 0.3) is 0 Å². The number of rotatable bonds is 4. The van der Waals surface area contributed by atoms with E-state index in [0.717, 1.165) is 13.0 Å². The van der Waals surface area contributed by atoms with E-state index in [-0.39, 0.29) is 6.29 Å². The van der Waals surface area contributed by atoms with Gasteiger partial charge in [-0.3, -0.25) is 4.84 Å². The van der Waals surface area contributed by atoms with Crippen molar-refractivity contribution in [3.05, 3.63) is 35.9 Å². The molecule has 0 spiro atoms. The molecule has 2 rings (SSSR count). The first-order chi connectivity index (χ1) is 7.79. The fraction of sp³-hybridized carbons (Fsp3) is 0.538. The molecule has 1 aliphatic rings. The van der Waals surface area contributed by atoms with E-state index >= 15 is 0 Å². The second kappa shape index (κ2) is 5.43. The summed E-state index contributed by atoms with van der Waals surface area (Å²) in [6.45, 7) is 5.69. The molecular formula is C13H19NO2. The lowest BCUT2D eigenvalue weighted by Crippen LogP contribution is -2.25. The van der Waals surface area contributed by atoms with E-state index in [1.165, 1.54) is 5.56 Å². The molecule has 0 saturated carbocycles. The number of nitrogens with zero attached hydrogens (tertiary/aromatic N) is 1. The SMILES string of the molecule is CCO[C@@H]1C[C@H](C)N(Cc2ccccc2)O1. The quantitative estimate of drug-likeness (QED) is 0.780. The van der Waals surface area contributed by atoms with Crippen LogP contribution < -0.4 is 0 Å². The normalized spacial score (nSPS) is 26.1. The average Bonchev–Trinajstić information content (AvgIpc) is 2.61. The van der Waals surface area contributed by atoms with Crippen molar-refractivity contribution in [2.45, 2.75) is 39.1 Å². The van der Waals surface area contributed by atoms with Gasteiger partial charge in [0, 0.05) is 25.6 Å². The van der Waals surface area contributed by atoms with Crippen molar-refractivity contribution in [3.63, 3.8) is 0 Å². The zero-order chi connectivity index (χ0) is 11.4. The van der Waals surface area contributed by atoms with Crippen molar-refractivity contribution in [2.75, 3.05) is 6.61 Å². The Kier molecular flexibility index (Phi) is 3.93. The molecule has 1 aromatic rings. The third kappa shape index (κ3) is 2.82. The van der Waals surface area contributed by atoms with Crippen LogP contribution in [0.4, 0.5) is 0 Å². The van der Waals surface area contributed by atoms with E-state index in [0.29, 0.717) is 12.6 Å². The van der Waals surface area contributed by atoms with Crippen LogP contribution in [0.3, 0.4) is 0 Å². The summed E-state index contributed by atoms with van der Waals surface area (Å²) < 4.78 is 5.48. The van der Waals surface area contributed by atoms with Gasteiger partial charge in [-0.05, 0) is 19.4 Å². The molecule has 0 unspecified atom stereocenters. The molecule has 0 aliphatic carbocycles. The van der Waals surface area contributed by atoms with E-state index in [4.69, 9.17) is 9.57 Å². The summed E-state index contributed by atoms with van der Waals surface area (Å²) in [5, 5.41) is 2.01. The Bertz CT molecular complexity index is 315. The Labute approximate surface area is 96.9 Å². The minimum Gasteiger partial charge on any atom is -0.351 e. The Morgan fingerprint density at radius 1 is 1.38 bits per heavy atom. The molecule has 0 N–H and O–H groups in total. The Hall–Kier alpha value is -0.900. The van der Waals surface area contributed by atoms with Gasteiger partial charge in [0.2, 0.25) is 0 Å². The summed E-state index contributed by atoms with van der Waals surface area (Å²) >= 11 is 0. The van der Waals surface area contributed by atoms with Gasteiger partial charge in [-0.2, -0.15) is 5.06 Å². The van der Waals surface area contributed by atoms with Crippen molar-refractivity contribution in [2.24, 2.45) is 0 Å². The predicted octanol–water partition coefficient (Wildman–Crippen LogP) is 2.58. The van der Waals surface area contributed by atoms with Crippen molar-refractivity contribution in [1.82, 2.24) is 5.06 Å². The van der Waals surface area contributed by atoms with Gasteiger partial charge in [-0.25, -0.2) is 0 Å². The van der Waals surface area contributed by atoms with E-state index in [2.05, 4.69) is 31.2 Å². The summed E-state index contributed by atoms with van der Waals surface area (Å²) in [4.78, 5) is 5.73. The Balaban J connectivity index is 1.91. The molecule has 3 nitrogen and oxygen atoms in total. The van der Waals surface area contributed by atoms with Gasteiger partial charge in [0.1, 0.15) is 0 Å². The van der Waals surface area contributed by atoms with Crippen molar-refractivity contribution >= 4 is 0 Å². The molecule has 16 heavy (non-hydrogen) atoms. The van der Waals surface area contributed by atoms with Crippen LogP contribution in [-0.4, -0.2) is 24.0 Å². The lowest BCUT2D eigenvalue weighted by atomic mass is 10.2. The molecule has 0 bridgehead atoms. The van der Waals surface area contributed by atoms with Crippen LogP contribution in [0.1, 0.15) is 25.8 Å². The highest BCUT2D eigenvalue weighted by Gasteiger charge is 2.30. The van der Waals surface area contributed by atoms with E-state index < -0.39 is 0 Å². The summed E-state index contributed by atoms with van der Waals surface area (Å²) in [6.07, 6.45) is 0.879. The molecule has 0 radical (unpaired) electrons. The lowest BCUT2D eigenvalue weighted by Gasteiger charge is -2.19. The first-order valence-electron chi connectivity index (χ1n) is 5.88. The number of hydroxylamine groups is 2. The van der Waals surface area contributed by atoms with Crippen LogP contribution in [0.25, 0.3) is 0 Å². The van der Waals surface area contributed by atoms with Gasteiger partial charge in [-0.15, -0.1) is 0 Å². The lowest BCUT2D eigenvalue weighted by molar-refractivity contribution is -0.241. The Morgan fingerprint density at radius 2 is 2.12 bits per heavy atom. The second-order valence-corrected chi connectivity index (χ2v) is 4.14. The van der Waals surface area contributed by atoms with Gasteiger partial charge in [-0.1, -0.05) is 30.3 Å². The van der Waals surface area contributed by atoms with E-state index in [1.807, 2.05) is 18.1 Å². The number of benzene rings is 1. The number of hydrogen-bond acceptors (Lipinski definition) is 3. The first kappa shape index (κ1) is 11.6. The highest BCUT2D eigenvalue weighted by atomic mass is 16.8. The zero-order valence-corrected chi connectivity index (χ0v) is 9.93. The van der Waals surface area contributed by atoms with Crippen LogP contribution in [0.2, 0.25) is 0 Å². The maximum Gasteiger partial charge on any atom is 0.179 e. The van der Waals surface area contributed by atoms with Gasteiger partial charge >= 0.3 is 0 Å². The fourth-order valence-electron chi connectivity index (χ4n) is 1.93. The molecule has 1 fully saturated rings. The molecule has 88 valence electrons. The molecule has 1 aliphatic heterocycles. The number of ether oxygens (including phenoxy) is 1. The predicted molar refractivity (Wildman–Crippen MR) is 62.6 cm³/mol. The third-order valence-corrected chi connectivity index (χ3v) is 2.81. The summed E-state index contributed by atoms with van der Waals surface area (Å²) in [7, 11) is 0. The second-order valence-electron chi connectivity index (χ2n) is 4.14. The fourth-order valence-corrected chi connectivity index (χ4v) is 1.93. The molecule has 1 aromatic carbocycles. The molecular weight excluding hydrogens is 202 g/mol. The van der Waals surface area contributed by atoms with Crippen molar-refractivity contribution < 1.29 is 9.57 Å². The zero-order valence-electron chi connectivity index (χ0n) is 9.93. The maximum absolute atomic E-state index is 5.73. The topological polar surface area (TPSA) is 21.7 Å². The summed E-state index contributed by atoms with van der Waals surface area (Å²) in [5.41, 5.74) is 1.27. The molecule has 0 amide bonds. The van der Waals surface area contributed by atoms with Crippen LogP contribution in [0, 0.1) is 0 Å². The molecule has 2 atom stereocenters. The highest BCUT2D eigenvalue weighted by Crippen LogP contribution is 2.23. The molecule has 1 saturated heterocycles. The van der Waals surface area contributed by atoms with E-state index in [1.54, 1.807) is 0 Å². The minimum absolute atomic E-state index is 0.0660. The largest absolute Gasteiger partial charge is 0.351 e. The van der Waals surface area contributed by atoms with Gasteiger partial charge in [0.15, 0.2) is 6.29 Å². The first-order valence-corrected chi connectivity index (χ1v) is 5.88.